The lowest BCUT2D eigenvalue weighted by Gasteiger charge is -2.18. The van der Waals surface area contributed by atoms with Crippen molar-refractivity contribution in [1.82, 2.24) is 0 Å². The molecule has 0 aliphatic rings. The molecule has 0 unspecified atom stereocenters. The molecule has 0 spiro atoms. The Morgan fingerprint density at radius 1 is 1.09 bits per heavy atom. The van der Waals surface area contributed by atoms with Gasteiger partial charge in [0.1, 0.15) is 11.6 Å². The van der Waals surface area contributed by atoms with Crippen LogP contribution in [0.1, 0.15) is 42.3 Å². The second kappa shape index (κ2) is 6.78. The van der Waals surface area contributed by atoms with Gasteiger partial charge < -0.3 is 4.74 Å². The molecule has 2 aromatic rings. The molecule has 3 heteroatoms. The molecular formula is C20H21FO2. The van der Waals surface area contributed by atoms with Gasteiger partial charge in [0.2, 0.25) is 0 Å². The third kappa shape index (κ3) is 4.28. The van der Waals surface area contributed by atoms with Crippen molar-refractivity contribution in [1.29, 1.82) is 0 Å². The Morgan fingerprint density at radius 2 is 1.74 bits per heavy atom. The van der Waals surface area contributed by atoms with Crippen LogP contribution in [0.25, 0.3) is 6.08 Å². The van der Waals surface area contributed by atoms with E-state index in [0.717, 1.165) is 5.56 Å². The predicted octanol–water partition coefficient (Wildman–Crippen LogP) is 5.03. The molecule has 0 saturated carbocycles. The SMILES string of the molecule is COc1ccc(C(=O)C=Cc2ccc(C(C)(C)C)cc2)c(F)c1. The maximum Gasteiger partial charge on any atom is 0.188 e. The van der Waals surface area contributed by atoms with Gasteiger partial charge in [-0.3, -0.25) is 4.79 Å². The monoisotopic (exact) mass is 312 g/mol. The van der Waals surface area contributed by atoms with Crippen molar-refractivity contribution in [2.75, 3.05) is 7.11 Å². The largest absolute Gasteiger partial charge is 0.497 e. The number of rotatable bonds is 4. The van der Waals surface area contributed by atoms with Crippen molar-refractivity contribution < 1.29 is 13.9 Å². The maximum absolute atomic E-state index is 13.9. The van der Waals surface area contributed by atoms with Crippen LogP contribution in [0.3, 0.4) is 0 Å². The second-order valence-corrected chi connectivity index (χ2v) is 6.42. The summed E-state index contributed by atoms with van der Waals surface area (Å²) in [6, 6.07) is 12.2. The highest BCUT2D eigenvalue weighted by atomic mass is 19.1. The van der Waals surface area contributed by atoms with Crippen LogP contribution in [0.4, 0.5) is 4.39 Å². The van der Waals surface area contributed by atoms with Gasteiger partial charge in [0, 0.05) is 6.07 Å². The van der Waals surface area contributed by atoms with Crippen molar-refractivity contribution in [3.63, 3.8) is 0 Å². The highest BCUT2D eigenvalue weighted by Gasteiger charge is 2.13. The molecule has 0 aliphatic carbocycles. The molecule has 2 rings (SSSR count). The lowest BCUT2D eigenvalue weighted by Crippen LogP contribution is -2.10. The van der Waals surface area contributed by atoms with Gasteiger partial charge >= 0.3 is 0 Å². The molecule has 0 aliphatic heterocycles. The summed E-state index contributed by atoms with van der Waals surface area (Å²) in [5, 5.41) is 0. The normalized spacial score (nSPS) is 11.7. The Hall–Kier alpha value is -2.42. The van der Waals surface area contributed by atoms with Crippen LogP contribution < -0.4 is 4.74 Å². The number of hydrogen-bond acceptors (Lipinski definition) is 2. The summed E-state index contributed by atoms with van der Waals surface area (Å²) in [5.41, 5.74) is 2.25. The molecule has 0 saturated heterocycles. The quantitative estimate of drug-likeness (QED) is 0.585. The Labute approximate surface area is 136 Å². The molecule has 120 valence electrons. The van der Waals surface area contributed by atoms with Crippen molar-refractivity contribution in [2.45, 2.75) is 26.2 Å². The van der Waals surface area contributed by atoms with Gasteiger partial charge in [-0.1, -0.05) is 51.1 Å². The number of benzene rings is 2. The minimum absolute atomic E-state index is 0.0355. The van der Waals surface area contributed by atoms with Crippen LogP contribution in [-0.4, -0.2) is 12.9 Å². The van der Waals surface area contributed by atoms with E-state index >= 15 is 0 Å². The van der Waals surface area contributed by atoms with Crippen LogP contribution in [-0.2, 0) is 5.41 Å². The minimum atomic E-state index is -0.581. The van der Waals surface area contributed by atoms with E-state index in [2.05, 4.69) is 20.8 Å². The Kier molecular flexibility index (Phi) is 4.99. The zero-order valence-electron chi connectivity index (χ0n) is 13.9. The lowest BCUT2D eigenvalue weighted by atomic mass is 9.87. The van der Waals surface area contributed by atoms with E-state index in [0.29, 0.717) is 5.75 Å². The van der Waals surface area contributed by atoms with Crippen molar-refractivity contribution in [3.8, 4) is 5.75 Å². The molecule has 2 nitrogen and oxygen atoms in total. The maximum atomic E-state index is 13.9. The fraction of sp³-hybridized carbons (Fsp3) is 0.250. The molecule has 0 N–H and O–H groups in total. The molecule has 0 aromatic heterocycles. The van der Waals surface area contributed by atoms with Crippen molar-refractivity contribution >= 4 is 11.9 Å². The number of methoxy groups -OCH3 is 1. The summed E-state index contributed by atoms with van der Waals surface area (Å²) in [7, 11) is 1.46. The summed E-state index contributed by atoms with van der Waals surface area (Å²) in [5.74, 6) is -0.562. The van der Waals surface area contributed by atoms with Crippen LogP contribution in [0, 0.1) is 5.82 Å². The molecular weight excluding hydrogens is 291 g/mol. The molecule has 0 atom stereocenters. The molecule has 0 radical (unpaired) electrons. The summed E-state index contributed by atoms with van der Waals surface area (Å²) in [6.07, 6.45) is 3.08. The Bertz CT molecular complexity index is 722. The van der Waals surface area contributed by atoms with Gasteiger partial charge in [-0.25, -0.2) is 4.39 Å². The Balaban J connectivity index is 2.15. The fourth-order valence-electron chi connectivity index (χ4n) is 2.18. The first-order chi connectivity index (χ1) is 10.8. The summed E-state index contributed by atoms with van der Waals surface area (Å²) >= 11 is 0. The van der Waals surface area contributed by atoms with Crippen molar-refractivity contribution in [2.24, 2.45) is 0 Å². The minimum Gasteiger partial charge on any atom is -0.497 e. The molecule has 0 bridgehead atoms. The van der Waals surface area contributed by atoms with Crippen molar-refractivity contribution in [3.05, 3.63) is 71.0 Å². The average Bonchev–Trinajstić information content (AvgIpc) is 2.52. The van der Waals surface area contributed by atoms with Gasteiger partial charge in [0.05, 0.1) is 12.7 Å². The summed E-state index contributed by atoms with van der Waals surface area (Å²) < 4.78 is 18.8. The first-order valence-corrected chi connectivity index (χ1v) is 7.48. The average molecular weight is 312 g/mol. The fourth-order valence-corrected chi connectivity index (χ4v) is 2.18. The number of allylic oxidation sites excluding steroid dienone is 1. The third-order valence-electron chi connectivity index (χ3n) is 3.65. The number of halogens is 1. The van der Waals surface area contributed by atoms with E-state index in [9.17, 15) is 9.18 Å². The molecule has 0 heterocycles. The van der Waals surface area contributed by atoms with Gasteiger partial charge in [0.15, 0.2) is 5.78 Å². The van der Waals surface area contributed by atoms with Gasteiger partial charge in [0.25, 0.3) is 0 Å². The van der Waals surface area contributed by atoms with E-state index in [1.807, 2.05) is 24.3 Å². The topological polar surface area (TPSA) is 26.3 Å². The van der Waals surface area contributed by atoms with E-state index < -0.39 is 5.82 Å². The number of hydrogen-bond donors (Lipinski definition) is 0. The van der Waals surface area contributed by atoms with Gasteiger partial charge in [-0.2, -0.15) is 0 Å². The first-order valence-electron chi connectivity index (χ1n) is 7.48. The number of carbonyl (C=O) groups excluding carboxylic acids is 1. The van der Waals surface area contributed by atoms with Gasteiger partial charge in [-0.05, 0) is 34.8 Å². The third-order valence-corrected chi connectivity index (χ3v) is 3.65. The molecule has 23 heavy (non-hydrogen) atoms. The smallest absolute Gasteiger partial charge is 0.188 e. The number of ketones is 1. The lowest BCUT2D eigenvalue weighted by molar-refractivity contribution is 0.104. The molecule has 0 amide bonds. The summed E-state index contributed by atoms with van der Waals surface area (Å²) in [6.45, 7) is 6.44. The van der Waals surface area contributed by atoms with E-state index in [1.54, 1.807) is 12.1 Å². The van der Waals surface area contributed by atoms with Crippen LogP contribution >= 0.6 is 0 Å². The molecule has 2 aromatic carbocycles. The highest BCUT2D eigenvalue weighted by Crippen LogP contribution is 2.22. The summed E-state index contributed by atoms with van der Waals surface area (Å²) in [4.78, 5) is 12.1. The van der Waals surface area contributed by atoms with Crippen LogP contribution in [0.2, 0.25) is 0 Å². The van der Waals surface area contributed by atoms with Crippen LogP contribution in [0.5, 0.6) is 5.75 Å². The first kappa shape index (κ1) is 16.9. The second-order valence-electron chi connectivity index (χ2n) is 6.42. The Morgan fingerprint density at radius 3 is 2.26 bits per heavy atom. The van der Waals surface area contributed by atoms with Gasteiger partial charge in [-0.15, -0.1) is 0 Å². The van der Waals surface area contributed by atoms with E-state index in [4.69, 9.17) is 4.74 Å². The van der Waals surface area contributed by atoms with E-state index in [-0.39, 0.29) is 16.8 Å². The standard InChI is InChI=1S/C20H21FO2/c1-20(2,3)15-8-5-14(6-9-15)7-12-19(22)17-11-10-16(23-4)13-18(17)21/h5-13H,1-4H3. The predicted molar refractivity (Wildman–Crippen MR) is 91.5 cm³/mol. The zero-order chi connectivity index (χ0) is 17.0. The highest BCUT2D eigenvalue weighted by molar-refractivity contribution is 6.07. The number of ether oxygens (including phenoxy) is 1. The number of carbonyl (C=O) groups is 1. The van der Waals surface area contributed by atoms with E-state index in [1.165, 1.54) is 30.9 Å². The van der Waals surface area contributed by atoms with Crippen LogP contribution in [0.15, 0.2) is 48.5 Å². The molecule has 0 fully saturated rings. The zero-order valence-corrected chi connectivity index (χ0v) is 13.9.